The Balaban J connectivity index is 1.26. The van der Waals surface area contributed by atoms with Gasteiger partial charge in [0.05, 0.1) is 30.6 Å². The monoisotopic (exact) mass is 419 g/mol. The van der Waals surface area contributed by atoms with Crippen LogP contribution < -0.4 is 0 Å². The molecule has 0 bridgehead atoms. The summed E-state index contributed by atoms with van der Waals surface area (Å²) in [5, 5.41) is 0. The number of imidazole rings is 1. The molecule has 1 saturated carbocycles. The summed E-state index contributed by atoms with van der Waals surface area (Å²) in [6, 6.07) is 6.20. The highest BCUT2D eigenvalue weighted by atomic mass is 32.2. The lowest BCUT2D eigenvalue weighted by molar-refractivity contribution is 0.0636. The number of nitrogens with zero attached hydrogens (tertiary/aromatic N) is 5. The summed E-state index contributed by atoms with van der Waals surface area (Å²) < 4.78 is 35.9. The van der Waals surface area contributed by atoms with Crippen LogP contribution in [-0.2, 0) is 14.9 Å². The lowest BCUT2D eigenvalue weighted by Gasteiger charge is -2.37. The SMILES string of the molecule is O=C(c1ccc2c(c1)ncn2C1CC1)N1CCN(S(=O)(=O)N2CCOCC2)CC1. The molecule has 3 heterocycles. The maximum atomic E-state index is 13.0. The van der Waals surface area contributed by atoms with Crippen LogP contribution in [0.2, 0.25) is 0 Å². The molecule has 0 unspecified atom stereocenters. The zero-order valence-electron chi connectivity index (χ0n) is 16.2. The van der Waals surface area contributed by atoms with E-state index in [-0.39, 0.29) is 5.91 Å². The Bertz CT molecular complexity index is 1020. The largest absolute Gasteiger partial charge is 0.379 e. The lowest BCUT2D eigenvalue weighted by atomic mass is 10.1. The van der Waals surface area contributed by atoms with Crippen LogP contribution in [0, 0.1) is 0 Å². The fourth-order valence-corrected chi connectivity index (χ4v) is 5.62. The van der Waals surface area contributed by atoms with Gasteiger partial charge in [-0.1, -0.05) is 0 Å². The number of carbonyl (C=O) groups is 1. The standard InChI is InChI=1S/C19H25N5O4S/c25-19(15-1-4-18-17(13-15)20-14-24(18)16-2-3-16)21-5-7-22(8-6-21)29(26,27)23-9-11-28-12-10-23/h1,4,13-14,16H,2-3,5-12H2. The molecule has 156 valence electrons. The summed E-state index contributed by atoms with van der Waals surface area (Å²) in [6.07, 6.45) is 4.22. The Morgan fingerprint density at radius 3 is 2.38 bits per heavy atom. The van der Waals surface area contributed by atoms with Crippen molar-refractivity contribution < 1.29 is 17.9 Å². The number of benzene rings is 1. The summed E-state index contributed by atoms with van der Waals surface area (Å²) in [7, 11) is -3.49. The molecule has 1 aromatic carbocycles. The van der Waals surface area contributed by atoms with Crippen LogP contribution >= 0.6 is 0 Å². The number of fused-ring (bicyclic) bond motifs is 1. The van der Waals surface area contributed by atoms with Gasteiger partial charge in [0.15, 0.2) is 0 Å². The van der Waals surface area contributed by atoms with Crippen LogP contribution in [0.5, 0.6) is 0 Å². The lowest BCUT2D eigenvalue weighted by Crippen LogP contribution is -2.55. The Morgan fingerprint density at radius 2 is 1.69 bits per heavy atom. The van der Waals surface area contributed by atoms with E-state index in [2.05, 4.69) is 9.55 Å². The first-order valence-corrected chi connectivity index (χ1v) is 11.5. The van der Waals surface area contributed by atoms with Crippen molar-refractivity contribution in [2.24, 2.45) is 0 Å². The number of rotatable bonds is 4. The fraction of sp³-hybridized carbons (Fsp3) is 0.579. The molecule has 9 nitrogen and oxygen atoms in total. The second kappa shape index (κ2) is 7.35. The van der Waals surface area contributed by atoms with Crippen LogP contribution in [0.25, 0.3) is 11.0 Å². The van der Waals surface area contributed by atoms with Gasteiger partial charge >= 0.3 is 0 Å². The first-order chi connectivity index (χ1) is 14.0. The number of hydrogen-bond acceptors (Lipinski definition) is 5. The van der Waals surface area contributed by atoms with Crippen LogP contribution in [0.15, 0.2) is 24.5 Å². The van der Waals surface area contributed by atoms with Gasteiger partial charge in [-0.2, -0.15) is 17.0 Å². The topological polar surface area (TPSA) is 88.0 Å². The first-order valence-electron chi connectivity index (χ1n) is 10.1. The minimum Gasteiger partial charge on any atom is -0.379 e. The fourth-order valence-electron chi connectivity index (χ4n) is 4.05. The summed E-state index contributed by atoms with van der Waals surface area (Å²) in [5.41, 5.74) is 2.49. The molecule has 2 saturated heterocycles. The molecule has 0 N–H and O–H groups in total. The van der Waals surface area contributed by atoms with Gasteiger partial charge in [0.1, 0.15) is 0 Å². The van der Waals surface area contributed by atoms with Gasteiger partial charge in [0.2, 0.25) is 0 Å². The van der Waals surface area contributed by atoms with E-state index < -0.39 is 10.2 Å². The number of ether oxygens (including phenoxy) is 1. The summed E-state index contributed by atoms with van der Waals surface area (Å²) >= 11 is 0. The molecule has 5 rings (SSSR count). The average molecular weight is 420 g/mol. The normalized spacial score (nSPS) is 22.3. The molecule has 0 atom stereocenters. The molecule has 2 aromatic rings. The van der Waals surface area contributed by atoms with E-state index >= 15 is 0 Å². The molecular formula is C19H25N5O4S. The van der Waals surface area contributed by atoms with Crippen molar-refractivity contribution in [2.75, 3.05) is 52.5 Å². The third-order valence-electron chi connectivity index (χ3n) is 5.91. The zero-order valence-corrected chi connectivity index (χ0v) is 17.1. The highest BCUT2D eigenvalue weighted by Gasteiger charge is 2.34. The van der Waals surface area contributed by atoms with Crippen molar-refractivity contribution in [3.63, 3.8) is 0 Å². The number of hydrogen-bond donors (Lipinski definition) is 0. The van der Waals surface area contributed by atoms with Crippen LogP contribution in [-0.4, -0.2) is 89.9 Å². The molecule has 1 amide bonds. The minimum absolute atomic E-state index is 0.0729. The van der Waals surface area contributed by atoms with Crippen molar-refractivity contribution >= 4 is 27.1 Å². The Labute approximate surface area is 170 Å². The highest BCUT2D eigenvalue weighted by molar-refractivity contribution is 7.86. The van der Waals surface area contributed by atoms with Gasteiger partial charge in [-0.15, -0.1) is 0 Å². The van der Waals surface area contributed by atoms with E-state index in [9.17, 15) is 13.2 Å². The molecule has 3 aliphatic rings. The second-order valence-corrected chi connectivity index (χ2v) is 9.73. The smallest absolute Gasteiger partial charge is 0.282 e. The Hall–Kier alpha value is -2.01. The predicted octanol–water partition coefficient (Wildman–Crippen LogP) is 0.706. The molecule has 2 aliphatic heterocycles. The molecule has 1 aromatic heterocycles. The number of aromatic nitrogens is 2. The molecule has 3 fully saturated rings. The number of morpholine rings is 1. The number of carbonyl (C=O) groups excluding carboxylic acids is 1. The third-order valence-corrected chi connectivity index (χ3v) is 7.95. The number of piperazine rings is 1. The summed E-state index contributed by atoms with van der Waals surface area (Å²) in [6.45, 7) is 3.01. The molecule has 0 spiro atoms. The Morgan fingerprint density at radius 1 is 1.00 bits per heavy atom. The minimum atomic E-state index is -3.49. The second-order valence-electron chi connectivity index (χ2n) is 7.80. The van der Waals surface area contributed by atoms with E-state index in [1.165, 1.54) is 21.5 Å². The van der Waals surface area contributed by atoms with Crippen LogP contribution in [0.1, 0.15) is 29.2 Å². The third kappa shape index (κ3) is 3.54. The quantitative estimate of drug-likeness (QED) is 0.728. The van der Waals surface area contributed by atoms with E-state index in [1.807, 2.05) is 24.5 Å². The van der Waals surface area contributed by atoms with Gasteiger partial charge in [-0.25, -0.2) is 4.98 Å². The average Bonchev–Trinajstić information content (AvgIpc) is 3.52. The summed E-state index contributed by atoms with van der Waals surface area (Å²) in [4.78, 5) is 19.1. The van der Waals surface area contributed by atoms with Crippen LogP contribution in [0.3, 0.4) is 0 Å². The van der Waals surface area contributed by atoms with Crippen molar-refractivity contribution in [3.8, 4) is 0 Å². The molecule has 29 heavy (non-hydrogen) atoms. The molecular weight excluding hydrogens is 394 g/mol. The van der Waals surface area contributed by atoms with Crippen molar-refractivity contribution in [3.05, 3.63) is 30.1 Å². The Kier molecular flexibility index (Phi) is 4.81. The van der Waals surface area contributed by atoms with E-state index in [4.69, 9.17) is 4.74 Å². The van der Waals surface area contributed by atoms with Crippen molar-refractivity contribution in [1.29, 1.82) is 0 Å². The maximum absolute atomic E-state index is 13.0. The highest BCUT2D eigenvalue weighted by Crippen LogP contribution is 2.37. The van der Waals surface area contributed by atoms with Crippen molar-refractivity contribution in [1.82, 2.24) is 23.1 Å². The van der Waals surface area contributed by atoms with Crippen LogP contribution in [0.4, 0.5) is 0 Å². The summed E-state index contributed by atoms with van der Waals surface area (Å²) in [5.74, 6) is -0.0729. The van der Waals surface area contributed by atoms with Gasteiger partial charge < -0.3 is 14.2 Å². The molecule has 0 radical (unpaired) electrons. The van der Waals surface area contributed by atoms with Gasteiger partial charge in [-0.05, 0) is 31.0 Å². The predicted molar refractivity (Wildman–Crippen MR) is 107 cm³/mol. The first kappa shape index (κ1) is 19.0. The van der Waals surface area contributed by atoms with Crippen molar-refractivity contribution in [2.45, 2.75) is 18.9 Å². The molecule has 1 aliphatic carbocycles. The zero-order chi connectivity index (χ0) is 20.0. The van der Waals surface area contributed by atoms with Gasteiger partial charge in [-0.3, -0.25) is 4.79 Å². The van der Waals surface area contributed by atoms with E-state index in [1.54, 1.807) is 4.90 Å². The maximum Gasteiger partial charge on any atom is 0.282 e. The molecule has 10 heteroatoms. The van der Waals surface area contributed by atoms with Gasteiger partial charge in [0, 0.05) is 50.9 Å². The van der Waals surface area contributed by atoms with Gasteiger partial charge in [0.25, 0.3) is 16.1 Å². The van der Waals surface area contributed by atoms with E-state index in [0.29, 0.717) is 64.1 Å². The van der Waals surface area contributed by atoms with E-state index in [0.717, 1.165) is 11.0 Å². The number of amides is 1.